The van der Waals surface area contributed by atoms with Crippen molar-refractivity contribution >= 4 is 18.8 Å². The maximum absolute atomic E-state index is 10.6. The van der Waals surface area contributed by atoms with E-state index in [0.717, 1.165) is 0 Å². The van der Waals surface area contributed by atoms with E-state index < -0.39 is 0 Å². The van der Waals surface area contributed by atoms with E-state index in [2.05, 4.69) is 16.7 Å². The first-order chi connectivity index (χ1) is 6.22. The predicted molar refractivity (Wildman–Crippen MR) is 48.3 cm³/mol. The number of rotatable bonds is 2. The van der Waals surface area contributed by atoms with Gasteiger partial charge in [0.25, 0.3) is 0 Å². The van der Waals surface area contributed by atoms with Crippen LogP contribution in [0, 0.1) is 18.3 Å². The number of nitriles is 1. The van der Waals surface area contributed by atoms with Crippen molar-refractivity contribution in [3.63, 3.8) is 0 Å². The first-order valence-corrected chi connectivity index (χ1v) is 3.56. The van der Waals surface area contributed by atoms with Crippen LogP contribution < -0.4 is 0 Å². The zero-order valence-electron chi connectivity index (χ0n) is 7.11. The number of aryl methyl sites for hydroxylation is 1. The lowest BCUT2D eigenvalue weighted by Gasteiger charge is -2.01. The molecule has 1 aromatic rings. The highest BCUT2D eigenvalue weighted by atomic mass is 16.1. The van der Waals surface area contributed by atoms with Gasteiger partial charge in [0.2, 0.25) is 0 Å². The van der Waals surface area contributed by atoms with E-state index in [-0.39, 0.29) is 11.5 Å². The van der Waals surface area contributed by atoms with Crippen LogP contribution in [0.15, 0.2) is 11.1 Å². The van der Waals surface area contributed by atoms with Gasteiger partial charge in [0.15, 0.2) is 12.1 Å². The second-order valence-corrected chi connectivity index (χ2v) is 2.45. The van der Waals surface area contributed by atoms with Gasteiger partial charge in [-0.05, 0) is 25.3 Å². The molecule has 0 radical (unpaired) electrons. The summed E-state index contributed by atoms with van der Waals surface area (Å²) in [5, 5.41) is 8.58. The molecule has 4 heteroatoms. The fourth-order valence-electron chi connectivity index (χ4n) is 0.989. The van der Waals surface area contributed by atoms with E-state index in [4.69, 9.17) is 5.26 Å². The number of pyridine rings is 1. The monoisotopic (exact) mass is 173 g/mol. The minimum atomic E-state index is 0.214. The van der Waals surface area contributed by atoms with E-state index in [0.29, 0.717) is 17.4 Å². The molecule has 0 aliphatic rings. The van der Waals surface area contributed by atoms with Crippen LogP contribution in [0.2, 0.25) is 0 Å². The molecule has 0 atom stereocenters. The highest BCUT2D eigenvalue weighted by Crippen LogP contribution is 2.18. The van der Waals surface area contributed by atoms with Crippen LogP contribution in [0.25, 0.3) is 0 Å². The highest BCUT2D eigenvalue weighted by Gasteiger charge is 2.07. The summed E-state index contributed by atoms with van der Waals surface area (Å²) >= 11 is 0. The van der Waals surface area contributed by atoms with Crippen LogP contribution in [0.3, 0.4) is 0 Å². The summed E-state index contributed by atoms with van der Waals surface area (Å²) in [4.78, 5) is 18.0. The Morgan fingerprint density at radius 2 is 2.46 bits per heavy atom. The first kappa shape index (κ1) is 9.07. The fourth-order valence-corrected chi connectivity index (χ4v) is 0.989. The van der Waals surface area contributed by atoms with Crippen molar-refractivity contribution in [2.45, 2.75) is 6.92 Å². The molecule has 0 aliphatic heterocycles. The molecular formula is C9H7N3O. The minimum absolute atomic E-state index is 0.214. The van der Waals surface area contributed by atoms with Crippen LogP contribution in [0.5, 0.6) is 0 Å². The topological polar surface area (TPSA) is 66.1 Å². The van der Waals surface area contributed by atoms with Crippen LogP contribution >= 0.6 is 0 Å². The maximum atomic E-state index is 10.6. The van der Waals surface area contributed by atoms with E-state index in [9.17, 15) is 4.79 Å². The molecule has 0 aromatic carbocycles. The number of aromatic nitrogens is 1. The largest absolute Gasteiger partial charge is 0.298 e. The molecule has 1 heterocycles. The number of hydrogen-bond donors (Lipinski definition) is 0. The molecule has 0 amide bonds. The standard InChI is InChI=1S/C9H7N3O/c1-6-3-7(4-10)12-9(11-2)8(6)5-13/h3,5H,2H2,1H3. The van der Waals surface area contributed by atoms with Gasteiger partial charge in [0.05, 0.1) is 5.56 Å². The van der Waals surface area contributed by atoms with E-state index >= 15 is 0 Å². The van der Waals surface area contributed by atoms with Crippen molar-refractivity contribution in [1.29, 1.82) is 5.26 Å². The van der Waals surface area contributed by atoms with Crippen LogP contribution in [0.4, 0.5) is 5.82 Å². The van der Waals surface area contributed by atoms with Crippen molar-refractivity contribution in [1.82, 2.24) is 4.98 Å². The van der Waals surface area contributed by atoms with E-state index in [1.807, 2.05) is 6.07 Å². The van der Waals surface area contributed by atoms with Crippen molar-refractivity contribution < 1.29 is 4.79 Å². The Kier molecular flexibility index (Phi) is 2.50. The van der Waals surface area contributed by atoms with Gasteiger partial charge in [0, 0.05) is 0 Å². The number of aldehydes is 1. The summed E-state index contributed by atoms with van der Waals surface area (Å²) in [6.07, 6.45) is 0.660. The van der Waals surface area contributed by atoms with Crippen LogP contribution in [-0.4, -0.2) is 18.0 Å². The number of nitrogens with zero attached hydrogens (tertiary/aromatic N) is 3. The minimum Gasteiger partial charge on any atom is -0.298 e. The van der Waals surface area contributed by atoms with Crippen molar-refractivity contribution in [2.24, 2.45) is 4.99 Å². The molecular weight excluding hydrogens is 166 g/mol. The zero-order chi connectivity index (χ0) is 9.84. The van der Waals surface area contributed by atoms with Crippen molar-refractivity contribution in [3.05, 3.63) is 22.9 Å². The Bertz CT molecular complexity index is 404. The van der Waals surface area contributed by atoms with Gasteiger partial charge in [-0.3, -0.25) is 4.79 Å². The molecule has 1 rings (SSSR count). The Hall–Kier alpha value is -2.02. The lowest BCUT2D eigenvalue weighted by molar-refractivity contribution is 0.112. The summed E-state index contributed by atoms with van der Waals surface area (Å²) in [6.45, 7) is 5.00. The third kappa shape index (κ3) is 1.59. The van der Waals surface area contributed by atoms with Crippen LogP contribution in [-0.2, 0) is 0 Å². The molecule has 0 N–H and O–H groups in total. The average molecular weight is 173 g/mol. The molecule has 4 nitrogen and oxygen atoms in total. The second kappa shape index (κ2) is 3.59. The van der Waals surface area contributed by atoms with Gasteiger partial charge >= 0.3 is 0 Å². The van der Waals surface area contributed by atoms with Gasteiger partial charge in [-0.1, -0.05) is 0 Å². The number of carbonyl (C=O) groups excluding carboxylic acids is 1. The van der Waals surface area contributed by atoms with Crippen molar-refractivity contribution in [2.75, 3.05) is 0 Å². The summed E-state index contributed by atoms with van der Waals surface area (Å²) in [6, 6.07) is 3.42. The molecule has 1 aromatic heterocycles. The smallest absolute Gasteiger partial charge is 0.163 e. The average Bonchev–Trinajstić information content (AvgIpc) is 2.16. The Morgan fingerprint density at radius 3 is 2.92 bits per heavy atom. The first-order valence-electron chi connectivity index (χ1n) is 3.56. The molecule has 0 saturated carbocycles. The second-order valence-electron chi connectivity index (χ2n) is 2.45. The van der Waals surface area contributed by atoms with Gasteiger partial charge in [-0.2, -0.15) is 5.26 Å². The Morgan fingerprint density at radius 1 is 1.77 bits per heavy atom. The number of carbonyl (C=O) groups is 1. The number of aliphatic imine (C=N–C) groups is 1. The third-order valence-corrected chi connectivity index (χ3v) is 1.63. The fraction of sp³-hybridized carbons (Fsp3) is 0.111. The summed E-state index contributed by atoms with van der Waals surface area (Å²) in [7, 11) is 0. The van der Waals surface area contributed by atoms with E-state index in [1.54, 1.807) is 13.0 Å². The molecule has 0 saturated heterocycles. The molecule has 0 bridgehead atoms. The Labute approximate surface area is 75.6 Å². The van der Waals surface area contributed by atoms with Gasteiger partial charge in [0.1, 0.15) is 11.8 Å². The molecule has 0 fully saturated rings. The molecule has 0 aliphatic carbocycles. The maximum Gasteiger partial charge on any atom is 0.163 e. The lowest BCUT2D eigenvalue weighted by Crippen LogP contribution is -1.93. The van der Waals surface area contributed by atoms with Crippen molar-refractivity contribution in [3.8, 4) is 6.07 Å². The SMILES string of the molecule is C=Nc1nc(C#N)cc(C)c1C=O. The normalized spacial score (nSPS) is 8.92. The quantitative estimate of drug-likeness (QED) is 0.501. The predicted octanol–water partition coefficient (Wildman–Crippen LogP) is 1.41. The highest BCUT2D eigenvalue weighted by molar-refractivity contribution is 5.84. The molecule has 13 heavy (non-hydrogen) atoms. The number of hydrogen-bond acceptors (Lipinski definition) is 4. The Balaban J connectivity index is 3.48. The lowest BCUT2D eigenvalue weighted by atomic mass is 10.1. The van der Waals surface area contributed by atoms with Gasteiger partial charge < -0.3 is 0 Å². The third-order valence-electron chi connectivity index (χ3n) is 1.63. The zero-order valence-corrected chi connectivity index (χ0v) is 7.11. The van der Waals surface area contributed by atoms with Gasteiger partial charge in [-0.25, -0.2) is 9.98 Å². The summed E-state index contributed by atoms with van der Waals surface area (Å²) in [5.74, 6) is 0.214. The molecule has 0 spiro atoms. The van der Waals surface area contributed by atoms with E-state index in [1.165, 1.54) is 0 Å². The summed E-state index contributed by atoms with van der Waals surface area (Å²) in [5.41, 5.74) is 1.31. The molecule has 64 valence electrons. The molecule has 0 unspecified atom stereocenters. The van der Waals surface area contributed by atoms with Gasteiger partial charge in [-0.15, -0.1) is 0 Å². The van der Waals surface area contributed by atoms with Crippen LogP contribution in [0.1, 0.15) is 21.6 Å². The summed E-state index contributed by atoms with van der Waals surface area (Å²) < 4.78 is 0.